The molecule has 2 rings (SSSR count). The number of carbonyl (C=O) groups excluding carboxylic acids is 1. The normalized spacial score (nSPS) is 27.2. The molecule has 1 atom stereocenters. The summed E-state index contributed by atoms with van der Waals surface area (Å²) in [6.45, 7) is 0.746. The number of allylic oxidation sites excluding steroid dienone is 1. The number of amides is 2. The maximum atomic E-state index is 11.2. The number of nitrogens with one attached hydrogen (secondary N) is 1. The third-order valence-electron chi connectivity index (χ3n) is 2.19. The number of carbonyl (C=O) groups is 1. The van der Waals surface area contributed by atoms with E-state index in [1.807, 2.05) is 6.08 Å². The predicted octanol–water partition coefficient (Wildman–Crippen LogP) is 0.581. The molecule has 1 N–H and O–H groups in total. The zero-order valence-electron chi connectivity index (χ0n) is 6.58. The van der Waals surface area contributed by atoms with Gasteiger partial charge in [-0.2, -0.15) is 5.26 Å². The topological polar surface area (TPSA) is 56.1 Å². The maximum absolute atomic E-state index is 11.2. The number of rotatable bonds is 0. The van der Waals surface area contributed by atoms with Crippen molar-refractivity contribution in [1.29, 1.82) is 5.26 Å². The summed E-state index contributed by atoms with van der Waals surface area (Å²) in [5, 5.41) is 11.3. The second kappa shape index (κ2) is 2.52. The van der Waals surface area contributed by atoms with Gasteiger partial charge in [-0.1, -0.05) is 6.08 Å². The van der Waals surface area contributed by atoms with Gasteiger partial charge in [-0.3, -0.25) is 4.90 Å². The molecule has 4 heteroatoms. The van der Waals surface area contributed by atoms with Crippen LogP contribution in [0.2, 0.25) is 0 Å². The van der Waals surface area contributed by atoms with Crippen molar-refractivity contribution in [2.45, 2.75) is 18.9 Å². The van der Waals surface area contributed by atoms with Crippen LogP contribution in [0.5, 0.6) is 0 Å². The highest BCUT2D eigenvalue weighted by molar-refractivity contribution is 5.81. The second-order valence-electron chi connectivity index (χ2n) is 2.93. The summed E-state index contributed by atoms with van der Waals surface area (Å²) in [5.41, 5.74) is 0.841. The van der Waals surface area contributed by atoms with Crippen LogP contribution in [0, 0.1) is 11.3 Å². The van der Waals surface area contributed by atoms with Crippen LogP contribution < -0.4 is 5.32 Å². The minimum absolute atomic E-state index is 0.132. The fourth-order valence-electron chi connectivity index (χ4n) is 1.60. The summed E-state index contributed by atoms with van der Waals surface area (Å²) < 4.78 is 0. The SMILES string of the molecule is N#CC1NC(=O)N2CCCC=C12. The number of fused-ring (bicyclic) bond motifs is 1. The van der Waals surface area contributed by atoms with Gasteiger partial charge in [0.25, 0.3) is 0 Å². The van der Waals surface area contributed by atoms with Crippen LogP contribution in [0.1, 0.15) is 12.8 Å². The number of nitrogens with zero attached hydrogens (tertiary/aromatic N) is 2. The van der Waals surface area contributed by atoms with Crippen molar-refractivity contribution >= 4 is 6.03 Å². The molecular weight excluding hydrogens is 154 g/mol. The minimum Gasteiger partial charge on any atom is -0.317 e. The van der Waals surface area contributed by atoms with Gasteiger partial charge < -0.3 is 5.32 Å². The van der Waals surface area contributed by atoms with E-state index in [0.717, 1.165) is 25.1 Å². The third-order valence-corrected chi connectivity index (χ3v) is 2.19. The van der Waals surface area contributed by atoms with Gasteiger partial charge in [0, 0.05) is 6.54 Å². The van der Waals surface area contributed by atoms with Crippen LogP contribution in [-0.4, -0.2) is 23.5 Å². The van der Waals surface area contributed by atoms with E-state index in [0.29, 0.717) is 0 Å². The lowest BCUT2D eigenvalue weighted by Gasteiger charge is -2.20. The molecule has 1 unspecified atom stereocenters. The quantitative estimate of drug-likeness (QED) is 0.568. The van der Waals surface area contributed by atoms with Crippen molar-refractivity contribution in [1.82, 2.24) is 10.2 Å². The van der Waals surface area contributed by atoms with E-state index in [1.165, 1.54) is 0 Å². The zero-order valence-corrected chi connectivity index (χ0v) is 6.58. The zero-order chi connectivity index (χ0) is 8.55. The van der Waals surface area contributed by atoms with Crippen LogP contribution in [0.25, 0.3) is 0 Å². The Hall–Kier alpha value is -1.50. The Balaban J connectivity index is 2.32. The smallest absolute Gasteiger partial charge is 0.317 e. The highest BCUT2D eigenvalue weighted by Gasteiger charge is 2.34. The Morgan fingerprint density at radius 3 is 3.33 bits per heavy atom. The highest BCUT2D eigenvalue weighted by atomic mass is 16.2. The van der Waals surface area contributed by atoms with Crippen LogP contribution in [-0.2, 0) is 0 Å². The molecule has 0 bridgehead atoms. The maximum Gasteiger partial charge on any atom is 0.323 e. The Morgan fingerprint density at radius 2 is 2.58 bits per heavy atom. The lowest BCUT2D eigenvalue weighted by Crippen LogP contribution is -2.29. The molecule has 2 heterocycles. The first-order valence-corrected chi connectivity index (χ1v) is 4.00. The standard InChI is InChI=1S/C8H9N3O/c9-5-6-7-3-1-2-4-11(7)8(12)10-6/h3,6H,1-2,4H2,(H,10,12). The first-order valence-electron chi connectivity index (χ1n) is 4.00. The average molecular weight is 163 g/mol. The predicted molar refractivity (Wildman–Crippen MR) is 42.0 cm³/mol. The molecule has 2 aliphatic heterocycles. The van der Waals surface area contributed by atoms with Gasteiger partial charge in [0.1, 0.15) is 0 Å². The van der Waals surface area contributed by atoms with E-state index < -0.39 is 6.04 Å². The Morgan fingerprint density at radius 1 is 1.75 bits per heavy atom. The summed E-state index contributed by atoms with van der Waals surface area (Å²) in [4.78, 5) is 12.9. The van der Waals surface area contributed by atoms with E-state index in [1.54, 1.807) is 4.90 Å². The molecule has 4 nitrogen and oxygen atoms in total. The Kier molecular flexibility index (Phi) is 1.51. The summed E-state index contributed by atoms with van der Waals surface area (Å²) in [7, 11) is 0. The van der Waals surface area contributed by atoms with Crippen LogP contribution in [0.3, 0.4) is 0 Å². The molecule has 62 valence electrons. The number of nitriles is 1. The summed E-state index contributed by atoms with van der Waals surface area (Å²) >= 11 is 0. The van der Waals surface area contributed by atoms with Crippen LogP contribution in [0.4, 0.5) is 4.79 Å². The first-order chi connectivity index (χ1) is 5.83. The van der Waals surface area contributed by atoms with E-state index in [-0.39, 0.29) is 6.03 Å². The summed E-state index contributed by atoms with van der Waals surface area (Å²) in [6, 6.07) is 1.50. The van der Waals surface area contributed by atoms with E-state index in [9.17, 15) is 4.79 Å². The molecule has 2 amide bonds. The van der Waals surface area contributed by atoms with Crippen molar-refractivity contribution in [3.8, 4) is 6.07 Å². The molecular formula is C8H9N3O. The molecule has 0 spiro atoms. The molecule has 0 aromatic rings. The molecule has 12 heavy (non-hydrogen) atoms. The summed E-state index contributed by atoms with van der Waals surface area (Å²) in [5.74, 6) is 0. The van der Waals surface area contributed by atoms with Gasteiger partial charge in [-0.15, -0.1) is 0 Å². The van der Waals surface area contributed by atoms with Gasteiger partial charge in [0.2, 0.25) is 0 Å². The van der Waals surface area contributed by atoms with Gasteiger partial charge >= 0.3 is 6.03 Å². The largest absolute Gasteiger partial charge is 0.323 e. The van der Waals surface area contributed by atoms with Crippen molar-refractivity contribution in [2.24, 2.45) is 0 Å². The summed E-state index contributed by atoms with van der Waals surface area (Å²) in [6.07, 6.45) is 3.93. The molecule has 0 aliphatic carbocycles. The molecule has 1 saturated heterocycles. The molecule has 1 fully saturated rings. The van der Waals surface area contributed by atoms with E-state index >= 15 is 0 Å². The van der Waals surface area contributed by atoms with Crippen molar-refractivity contribution in [3.63, 3.8) is 0 Å². The van der Waals surface area contributed by atoms with Crippen molar-refractivity contribution in [2.75, 3.05) is 6.54 Å². The molecule has 0 aromatic carbocycles. The van der Waals surface area contributed by atoms with Gasteiger partial charge in [0.05, 0.1) is 11.8 Å². The highest BCUT2D eigenvalue weighted by Crippen LogP contribution is 2.22. The lowest BCUT2D eigenvalue weighted by molar-refractivity contribution is 0.221. The molecule has 2 aliphatic rings. The van der Waals surface area contributed by atoms with E-state index in [4.69, 9.17) is 5.26 Å². The first kappa shape index (κ1) is 7.17. The fourth-order valence-corrected chi connectivity index (χ4v) is 1.60. The fraction of sp³-hybridized carbons (Fsp3) is 0.500. The minimum atomic E-state index is -0.419. The van der Waals surface area contributed by atoms with Crippen molar-refractivity contribution in [3.05, 3.63) is 11.8 Å². The second-order valence-corrected chi connectivity index (χ2v) is 2.93. The number of urea groups is 1. The molecule has 0 radical (unpaired) electrons. The van der Waals surface area contributed by atoms with Gasteiger partial charge in [0.15, 0.2) is 6.04 Å². The average Bonchev–Trinajstić information content (AvgIpc) is 2.44. The lowest BCUT2D eigenvalue weighted by atomic mass is 10.1. The van der Waals surface area contributed by atoms with Gasteiger partial charge in [-0.05, 0) is 12.8 Å². The van der Waals surface area contributed by atoms with Gasteiger partial charge in [-0.25, -0.2) is 4.79 Å². The van der Waals surface area contributed by atoms with Crippen LogP contribution >= 0.6 is 0 Å². The van der Waals surface area contributed by atoms with Crippen molar-refractivity contribution < 1.29 is 4.79 Å². The number of hydrogen-bond donors (Lipinski definition) is 1. The third kappa shape index (κ3) is 0.866. The van der Waals surface area contributed by atoms with E-state index in [2.05, 4.69) is 11.4 Å². The molecule has 0 aromatic heterocycles. The molecule has 0 saturated carbocycles. The Labute approximate surface area is 70.5 Å². The monoisotopic (exact) mass is 163 g/mol. The van der Waals surface area contributed by atoms with Crippen LogP contribution in [0.15, 0.2) is 11.8 Å². The number of hydrogen-bond acceptors (Lipinski definition) is 2. The Bertz CT molecular complexity index is 289.